The van der Waals surface area contributed by atoms with Gasteiger partial charge in [-0.3, -0.25) is 5.32 Å². The molecule has 2 aliphatic carbocycles. The van der Waals surface area contributed by atoms with Crippen LogP contribution in [0.4, 0.5) is 5.69 Å². The first-order chi connectivity index (χ1) is 22.1. The van der Waals surface area contributed by atoms with E-state index >= 15 is 0 Å². The van der Waals surface area contributed by atoms with Crippen LogP contribution in [0.25, 0.3) is 16.8 Å². The highest BCUT2D eigenvalue weighted by molar-refractivity contribution is 5.86. The second-order valence-corrected chi connectivity index (χ2v) is 13.3. The predicted octanol–water partition coefficient (Wildman–Crippen LogP) is 9.84. The van der Waals surface area contributed by atoms with Gasteiger partial charge in [0.1, 0.15) is 0 Å². The first-order valence-corrected chi connectivity index (χ1v) is 16.8. The minimum Gasteiger partial charge on any atom is -0.359 e. The van der Waals surface area contributed by atoms with Crippen molar-refractivity contribution < 1.29 is 0 Å². The summed E-state index contributed by atoms with van der Waals surface area (Å²) in [5.74, 6) is 0.791. The van der Waals surface area contributed by atoms with Crippen molar-refractivity contribution in [1.29, 1.82) is 0 Å². The second kappa shape index (κ2) is 11.5. The van der Waals surface area contributed by atoms with Crippen LogP contribution < -0.4 is 10.2 Å². The van der Waals surface area contributed by atoms with Crippen LogP contribution in [0.2, 0.25) is 0 Å². The molecular weight excluding hydrogens is 546 g/mol. The van der Waals surface area contributed by atoms with Crippen LogP contribution in [0.3, 0.4) is 0 Å². The zero-order valence-corrected chi connectivity index (χ0v) is 26.6. The van der Waals surface area contributed by atoms with E-state index < -0.39 is 0 Å². The number of hydrogen-bond donors (Lipinski definition) is 1. The molecule has 3 heteroatoms. The van der Waals surface area contributed by atoms with Gasteiger partial charge in [-0.15, -0.1) is 0 Å². The number of fused-ring (bicyclic) bond motifs is 5. The molecule has 6 atom stereocenters. The van der Waals surface area contributed by atoms with Gasteiger partial charge in [0.15, 0.2) is 0 Å². The summed E-state index contributed by atoms with van der Waals surface area (Å²) >= 11 is 0. The molecule has 4 aromatic rings. The maximum absolute atomic E-state index is 4.14. The van der Waals surface area contributed by atoms with Crippen LogP contribution in [0.1, 0.15) is 72.3 Å². The Hall–Kier alpha value is -4.34. The van der Waals surface area contributed by atoms with E-state index in [1.165, 1.54) is 56.9 Å². The average Bonchev–Trinajstić information content (AvgIpc) is 3.28. The Morgan fingerprint density at radius 3 is 2.33 bits per heavy atom. The zero-order chi connectivity index (χ0) is 30.5. The molecule has 3 nitrogen and oxygen atoms in total. The minimum absolute atomic E-state index is 0.0997. The number of allylic oxidation sites excluding steroid dienone is 3. The van der Waals surface area contributed by atoms with Crippen molar-refractivity contribution in [2.45, 2.75) is 70.2 Å². The molecule has 8 rings (SSSR count). The average molecular weight is 590 g/mol. The monoisotopic (exact) mass is 589 g/mol. The van der Waals surface area contributed by atoms with E-state index in [1.54, 1.807) is 0 Å². The third kappa shape index (κ3) is 4.76. The molecule has 3 aromatic carbocycles. The molecule has 0 radical (unpaired) electrons. The Morgan fingerprint density at radius 2 is 1.53 bits per heavy atom. The summed E-state index contributed by atoms with van der Waals surface area (Å²) in [4.78, 5) is 2.85. The number of rotatable bonds is 4. The molecule has 1 N–H and O–H groups in total. The zero-order valence-electron chi connectivity index (χ0n) is 26.6. The van der Waals surface area contributed by atoms with Gasteiger partial charge in [-0.25, -0.2) is 0 Å². The number of anilines is 1. The smallest absolute Gasteiger partial charge is 0.0891 e. The van der Waals surface area contributed by atoms with Gasteiger partial charge in [0.05, 0.1) is 29.6 Å². The Labute approximate surface area is 268 Å². The Balaban J connectivity index is 1.35. The first kappa shape index (κ1) is 28.2. The number of nitrogens with zero attached hydrogens (tertiary/aromatic N) is 2. The molecule has 0 saturated heterocycles. The van der Waals surface area contributed by atoms with Gasteiger partial charge < -0.3 is 9.47 Å². The lowest BCUT2D eigenvalue weighted by molar-refractivity contribution is 0.371. The fraction of sp³-hybridized carbons (Fsp3) is 0.286. The molecule has 6 unspecified atom stereocenters. The van der Waals surface area contributed by atoms with E-state index in [0.717, 1.165) is 12.8 Å². The van der Waals surface area contributed by atoms with Crippen molar-refractivity contribution in [2.24, 2.45) is 5.92 Å². The first-order valence-electron chi connectivity index (χ1n) is 16.8. The van der Waals surface area contributed by atoms with Crippen molar-refractivity contribution in [3.63, 3.8) is 0 Å². The highest BCUT2D eigenvalue weighted by atomic mass is 15.3. The standard InChI is InChI=1S/C42H43N3/c1-28-16-10-14-24-38(28)45-39-25-15-13-22-35(39)34-21-11-12-23-36(34)42-41(45)29(2)30(3)44(42)40-27-33(31-17-6-4-7-18-31)26-37(43-40)32-19-8-5-9-20-32/h4-13,15-23,25-26,28,35,37-40,43H,14,24,27H2,1-3H3. The summed E-state index contributed by atoms with van der Waals surface area (Å²) in [5.41, 5.74) is 12.4. The molecule has 0 saturated carbocycles. The molecule has 0 fully saturated rings. The van der Waals surface area contributed by atoms with E-state index in [-0.39, 0.29) is 18.2 Å². The summed E-state index contributed by atoms with van der Waals surface area (Å²) in [7, 11) is 0. The summed E-state index contributed by atoms with van der Waals surface area (Å²) in [6, 6.07) is 32.0. The van der Waals surface area contributed by atoms with Crippen LogP contribution in [0.15, 0.2) is 127 Å². The topological polar surface area (TPSA) is 20.2 Å². The molecule has 0 amide bonds. The fourth-order valence-electron chi connectivity index (χ4n) is 8.50. The van der Waals surface area contributed by atoms with Gasteiger partial charge in [-0.1, -0.05) is 134 Å². The van der Waals surface area contributed by atoms with Gasteiger partial charge in [0, 0.05) is 29.6 Å². The second-order valence-electron chi connectivity index (χ2n) is 13.3. The van der Waals surface area contributed by atoms with Gasteiger partial charge in [-0.2, -0.15) is 0 Å². The SMILES string of the molecule is Cc1c2c(n(C3CC(c4ccccc4)=CC(c4ccccc4)N3)c1C)-c1ccccc1C1C=CC=CC1N2C1CCC=CC1C. The molecular formula is C42H43N3. The number of benzene rings is 3. The van der Waals surface area contributed by atoms with Crippen molar-refractivity contribution in [3.8, 4) is 11.3 Å². The third-order valence-electron chi connectivity index (χ3n) is 10.8. The summed E-state index contributed by atoms with van der Waals surface area (Å²) in [5, 5.41) is 4.14. The Bertz CT molecular complexity index is 1820. The van der Waals surface area contributed by atoms with E-state index in [9.17, 15) is 0 Å². The van der Waals surface area contributed by atoms with Crippen LogP contribution >= 0.6 is 0 Å². The van der Waals surface area contributed by atoms with Crippen LogP contribution in [-0.2, 0) is 0 Å². The maximum atomic E-state index is 4.14. The minimum atomic E-state index is 0.0997. The van der Waals surface area contributed by atoms with Crippen LogP contribution in [0, 0.1) is 19.8 Å². The molecule has 4 aliphatic rings. The van der Waals surface area contributed by atoms with Crippen molar-refractivity contribution >= 4 is 11.3 Å². The van der Waals surface area contributed by atoms with E-state index in [0.29, 0.717) is 17.9 Å². The molecule has 2 aliphatic heterocycles. The van der Waals surface area contributed by atoms with Crippen LogP contribution in [0.5, 0.6) is 0 Å². The molecule has 0 spiro atoms. The summed E-state index contributed by atoms with van der Waals surface area (Å²) in [6.45, 7) is 7.14. The lowest BCUT2D eigenvalue weighted by Gasteiger charge is -2.44. The number of nitrogens with one attached hydrogen (secondary N) is 1. The Morgan fingerprint density at radius 1 is 0.800 bits per heavy atom. The largest absolute Gasteiger partial charge is 0.359 e. The number of hydrogen-bond acceptors (Lipinski definition) is 2. The van der Waals surface area contributed by atoms with E-state index in [1.807, 2.05) is 0 Å². The van der Waals surface area contributed by atoms with Gasteiger partial charge in [0.25, 0.3) is 0 Å². The quantitative estimate of drug-likeness (QED) is 0.239. The molecule has 0 bridgehead atoms. The maximum Gasteiger partial charge on any atom is 0.0891 e. The van der Waals surface area contributed by atoms with Gasteiger partial charge in [0.2, 0.25) is 0 Å². The fourth-order valence-corrected chi connectivity index (χ4v) is 8.50. The van der Waals surface area contributed by atoms with Crippen LogP contribution in [-0.4, -0.2) is 16.7 Å². The Kier molecular flexibility index (Phi) is 7.22. The molecule has 1 aromatic heterocycles. The normalized spacial score (nSPS) is 26.9. The predicted molar refractivity (Wildman–Crippen MR) is 188 cm³/mol. The molecule has 45 heavy (non-hydrogen) atoms. The highest BCUT2D eigenvalue weighted by Gasteiger charge is 2.42. The van der Waals surface area contributed by atoms with Crippen molar-refractivity contribution in [1.82, 2.24) is 9.88 Å². The van der Waals surface area contributed by atoms with Crippen molar-refractivity contribution in [2.75, 3.05) is 4.90 Å². The third-order valence-corrected chi connectivity index (χ3v) is 10.8. The lowest BCUT2D eigenvalue weighted by atomic mass is 9.83. The number of aromatic nitrogens is 1. The van der Waals surface area contributed by atoms with E-state index in [2.05, 4.69) is 163 Å². The lowest BCUT2D eigenvalue weighted by Crippen LogP contribution is -2.48. The molecule has 226 valence electrons. The molecule has 3 heterocycles. The van der Waals surface area contributed by atoms with Gasteiger partial charge >= 0.3 is 0 Å². The summed E-state index contributed by atoms with van der Waals surface area (Å²) < 4.78 is 2.68. The van der Waals surface area contributed by atoms with Gasteiger partial charge in [-0.05, 0) is 60.4 Å². The van der Waals surface area contributed by atoms with E-state index in [4.69, 9.17) is 0 Å². The highest BCUT2D eigenvalue weighted by Crippen LogP contribution is 2.52. The summed E-state index contributed by atoms with van der Waals surface area (Å²) in [6.07, 6.45) is 20.1. The van der Waals surface area contributed by atoms with Crippen molar-refractivity contribution in [3.05, 3.63) is 155 Å².